The molecule has 3 fully saturated rings. The van der Waals surface area contributed by atoms with E-state index in [-0.39, 0.29) is 22.8 Å². The summed E-state index contributed by atoms with van der Waals surface area (Å²) >= 11 is 0. The fourth-order valence-electron chi connectivity index (χ4n) is 5.13. The van der Waals surface area contributed by atoms with Crippen LogP contribution in [0.15, 0.2) is 36.5 Å². The van der Waals surface area contributed by atoms with Gasteiger partial charge in [-0.1, -0.05) is 12.1 Å². The first-order chi connectivity index (χ1) is 15.4. The maximum Gasteiger partial charge on any atom is 0.146 e. The zero-order chi connectivity index (χ0) is 22.3. The van der Waals surface area contributed by atoms with Crippen LogP contribution in [0.2, 0.25) is 0 Å². The molecule has 4 heterocycles. The van der Waals surface area contributed by atoms with Crippen molar-refractivity contribution in [3.63, 3.8) is 0 Å². The van der Waals surface area contributed by atoms with Gasteiger partial charge in [0.2, 0.25) is 0 Å². The molecule has 3 aromatic rings. The number of ether oxygens (including phenoxy) is 1. The highest BCUT2D eigenvalue weighted by Crippen LogP contribution is 2.46. The minimum absolute atomic E-state index is 0.0591. The number of halogens is 2. The van der Waals surface area contributed by atoms with E-state index in [9.17, 15) is 8.78 Å². The predicted octanol–water partition coefficient (Wildman–Crippen LogP) is 5.33. The highest BCUT2D eigenvalue weighted by molar-refractivity contribution is 5.77. The van der Waals surface area contributed by atoms with Crippen molar-refractivity contribution >= 4 is 11.0 Å². The molecule has 4 nitrogen and oxygen atoms in total. The summed E-state index contributed by atoms with van der Waals surface area (Å²) in [6.07, 6.45) is 6.58. The van der Waals surface area contributed by atoms with E-state index >= 15 is 0 Å². The van der Waals surface area contributed by atoms with Crippen molar-refractivity contribution < 1.29 is 13.5 Å². The van der Waals surface area contributed by atoms with Crippen molar-refractivity contribution in [3.8, 4) is 0 Å². The van der Waals surface area contributed by atoms with Gasteiger partial charge in [-0.25, -0.2) is 8.78 Å². The first-order valence-electron chi connectivity index (χ1n) is 11.4. The standard InChI is InChI=1S/C26H29F2N3O/c1-17-3-5-19(13-21(17)27)14-30-25-9-11-26(12-10-25,32-16-25)8-7-20-22(28)15-29-23-6-4-18(2)31-24(20)23/h3-6,13,15,30H,7-12,14,16H2,1-2H3. The second kappa shape index (κ2) is 8.16. The quantitative estimate of drug-likeness (QED) is 0.566. The summed E-state index contributed by atoms with van der Waals surface area (Å²) in [4.78, 5) is 8.74. The van der Waals surface area contributed by atoms with Crippen molar-refractivity contribution in [1.82, 2.24) is 15.3 Å². The Bertz CT molecular complexity index is 1130. The van der Waals surface area contributed by atoms with Gasteiger partial charge in [0.25, 0.3) is 0 Å². The third-order valence-electron chi connectivity index (χ3n) is 7.41. The van der Waals surface area contributed by atoms with Crippen LogP contribution in [0.3, 0.4) is 0 Å². The first kappa shape index (κ1) is 21.4. The van der Waals surface area contributed by atoms with Crippen LogP contribution in [0.4, 0.5) is 8.78 Å². The topological polar surface area (TPSA) is 47.0 Å². The summed E-state index contributed by atoms with van der Waals surface area (Å²) in [6.45, 7) is 4.96. The number of fused-ring (bicyclic) bond motifs is 4. The molecular formula is C26H29F2N3O. The molecule has 2 saturated heterocycles. The Balaban J connectivity index is 1.24. The number of pyridine rings is 2. The van der Waals surface area contributed by atoms with Gasteiger partial charge in [0.1, 0.15) is 11.6 Å². The van der Waals surface area contributed by atoms with Crippen LogP contribution in [-0.4, -0.2) is 27.7 Å². The molecule has 1 saturated carbocycles. The smallest absolute Gasteiger partial charge is 0.146 e. The van der Waals surface area contributed by atoms with E-state index in [1.807, 2.05) is 31.2 Å². The van der Waals surface area contributed by atoms with Crippen LogP contribution in [0, 0.1) is 25.5 Å². The van der Waals surface area contributed by atoms with Crippen LogP contribution >= 0.6 is 0 Å². The zero-order valence-electron chi connectivity index (χ0n) is 18.7. The molecule has 1 N–H and O–H groups in total. The van der Waals surface area contributed by atoms with Gasteiger partial charge in [-0.05, 0) is 81.7 Å². The lowest BCUT2D eigenvalue weighted by atomic mass is 9.69. The molecule has 32 heavy (non-hydrogen) atoms. The Hall–Kier alpha value is -2.44. The molecule has 1 aliphatic carbocycles. The minimum Gasteiger partial charge on any atom is -0.373 e. The highest BCUT2D eigenvalue weighted by Gasteiger charge is 2.49. The van der Waals surface area contributed by atoms with Crippen molar-refractivity contribution in [3.05, 3.63) is 70.5 Å². The van der Waals surface area contributed by atoms with Gasteiger partial charge < -0.3 is 10.1 Å². The number of aryl methyl sites for hydroxylation is 3. The fourth-order valence-corrected chi connectivity index (χ4v) is 5.13. The number of nitrogens with one attached hydrogen (secondary N) is 1. The van der Waals surface area contributed by atoms with E-state index in [1.54, 1.807) is 13.0 Å². The molecule has 0 unspecified atom stereocenters. The highest BCUT2D eigenvalue weighted by atomic mass is 19.1. The van der Waals surface area contributed by atoms with Gasteiger partial charge in [0, 0.05) is 23.3 Å². The van der Waals surface area contributed by atoms with E-state index in [1.165, 1.54) is 6.20 Å². The van der Waals surface area contributed by atoms with Crippen molar-refractivity contribution in [2.24, 2.45) is 0 Å². The van der Waals surface area contributed by atoms with E-state index in [0.717, 1.165) is 48.9 Å². The number of benzene rings is 1. The summed E-state index contributed by atoms with van der Waals surface area (Å²) < 4.78 is 34.9. The van der Waals surface area contributed by atoms with Crippen molar-refractivity contribution in [2.75, 3.05) is 6.61 Å². The van der Waals surface area contributed by atoms with Gasteiger partial charge in [0.05, 0.1) is 29.4 Å². The molecule has 6 rings (SSSR count). The molecule has 2 aromatic heterocycles. The van der Waals surface area contributed by atoms with Crippen LogP contribution in [-0.2, 0) is 17.7 Å². The van der Waals surface area contributed by atoms with E-state index < -0.39 is 0 Å². The Morgan fingerprint density at radius 2 is 1.84 bits per heavy atom. The van der Waals surface area contributed by atoms with Crippen LogP contribution < -0.4 is 5.32 Å². The molecule has 6 heteroatoms. The van der Waals surface area contributed by atoms with E-state index in [2.05, 4.69) is 15.3 Å². The second-order valence-corrected chi connectivity index (χ2v) is 9.59. The van der Waals surface area contributed by atoms with Gasteiger partial charge in [-0.3, -0.25) is 9.97 Å². The number of rotatable bonds is 6. The van der Waals surface area contributed by atoms with Gasteiger partial charge >= 0.3 is 0 Å². The average molecular weight is 438 g/mol. The van der Waals surface area contributed by atoms with Crippen LogP contribution in [0.5, 0.6) is 0 Å². The largest absolute Gasteiger partial charge is 0.373 e. The summed E-state index contributed by atoms with van der Waals surface area (Å²) in [6, 6.07) is 9.21. The molecule has 3 aliphatic rings. The van der Waals surface area contributed by atoms with Gasteiger partial charge in [0.15, 0.2) is 0 Å². The maximum absolute atomic E-state index is 14.6. The fraction of sp³-hybridized carbons (Fsp3) is 0.462. The number of aromatic nitrogens is 2. The molecule has 0 amide bonds. The van der Waals surface area contributed by atoms with Crippen molar-refractivity contribution in [2.45, 2.75) is 70.1 Å². The van der Waals surface area contributed by atoms with Crippen LogP contribution in [0.1, 0.15) is 54.5 Å². The Kier molecular flexibility index (Phi) is 5.46. The van der Waals surface area contributed by atoms with E-state index in [4.69, 9.17) is 4.74 Å². The lowest BCUT2D eigenvalue weighted by Gasteiger charge is -2.53. The molecule has 1 aromatic carbocycles. The van der Waals surface area contributed by atoms with E-state index in [0.29, 0.717) is 36.2 Å². The SMILES string of the molecule is Cc1ccc2ncc(F)c(CCC34CCC(NCc5ccc(C)c(F)c5)(CC3)CO4)c2n1. The monoisotopic (exact) mass is 437 g/mol. The molecule has 0 atom stereocenters. The third-order valence-corrected chi connectivity index (χ3v) is 7.41. The van der Waals surface area contributed by atoms with Crippen LogP contribution in [0.25, 0.3) is 11.0 Å². The predicted molar refractivity (Wildman–Crippen MR) is 120 cm³/mol. The maximum atomic E-state index is 14.6. The zero-order valence-corrected chi connectivity index (χ0v) is 18.7. The number of nitrogens with zero attached hydrogens (tertiary/aromatic N) is 2. The second-order valence-electron chi connectivity index (χ2n) is 9.59. The lowest BCUT2D eigenvalue weighted by molar-refractivity contribution is -0.165. The molecule has 0 radical (unpaired) electrons. The molecule has 168 valence electrons. The molecule has 0 spiro atoms. The molecular weight excluding hydrogens is 408 g/mol. The average Bonchev–Trinajstić information content (AvgIpc) is 2.80. The Morgan fingerprint density at radius 3 is 2.56 bits per heavy atom. The summed E-state index contributed by atoms with van der Waals surface area (Å²) in [5.41, 5.74) is 4.25. The normalized spacial score (nSPS) is 24.9. The van der Waals surface area contributed by atoms with Crippen molar-refractivity contribution in [1.29, 1.82) is 0 Å². The summed E-state index contributed by atoms with van der Waals surface area (Å²) in [7, 11) is 0. The van der Waals surface area contributed by atoms with Gasteiger partial charge in [-0.15, -0.1) is 0 Å². The Labute approximate surface area is 187 Å². The minimum atomic E-state index is -0.292. The first-order valence-corrected chi connectivity index (χ1v) is 11.4. The number of hydrogen-bond donors (Lipinski definition) is 1. The summed E-state index contributed by atoms with van der Waals surface area (Å²) in [5, 5.41) is 3.65. The van der Waals surface area contributed by atoms with Gasteiger partial charge in [-0.2, -0.15) is 0 Å². The Morgan fingerprint density at radius 1 is 1.03 bits per heavy atom. The molecule has 2 bridgehead atoms. The third kappa shape index (κ3) is 4.02. The lowest BCUT2D eigenvalue weighted by Crippen LogP contribution is -2.61. The number of hydrogen-bond acceptors (Lipinski definition) is 4. The molecule has 2 aliphatic heterocycles. The summed E-state index contributed by atoms with van der Waals surface area (Å²) in [5.74, 6) is -0.454.